The molecule has 1 saturated carbocycles. The number of ether oxygens (including phenoxy) is 1. The molecule has 1 aliphatic rings. The van der Waals surface area contributed by atoms with Crippen molar-refractivity contribution < 1.29 is 13.9 Å². The average Bonchev–Trinajstić information content (AvgIpc) is 2.85. The van der Waals surface area contributed by atoms with Gasteiger partial charge in [0.2, 0.25) is 5.76 Å². The first-order valence-corrected chi connectivity index (χ1v) is 6.90. The van der Waals surface area contributed by atoms with Gasteiger partial charge < -0.3 is 14.5 Å². The zero-order valence-corrected chi connectivity index (χ0v) is 12.0. The SMILES string of the molecule is COC(=O)c1ccc(CNC2CCC(C)(C)CC2)o1. The first-order valence-electron chi connectivity index (χ1n) is 6.90. The summed E-state index contributed by atoms with van der Waals surface area (Å²) in [4.78, 5) is 11.3. The summed E-state index contributed by atoms with van der Waals surface area (Å²) in [5, 5.41) is 3.50. The summed E-state index contributed by atoms with van der Waals surface area (Å²) in [6.07, 6.45) is 4.93. The van der Waals surface area contributed by atoms with Crippen LogP contribution in [-0.4, -0.2) is 19.1 Å². The predicted octanol–water partition coefficient (Wildman–Crippen LogP) is 3.12. The molecule has 0 radical (unpaired) electrons. The molecule has 19 heavy (non-hydrogen) atoms. The van der Waals surface area contributed by atoms with Crippen molar-refractivity contribution in [3.8, 4) is 0 Å². The number of nitrogens with one attached hydrogen (secondary N) is 1. The monoisotopic (exact) mass is 265 g/mol. The van der Waals surface area contributed by atoms with E-state index in [-0.39, 0.29) is 5.76 Å². The van der Waals surface area contributed by atoms with E-state index in [0.29, 0.717) is 18.0 Å². The van der Waals surface area contributed by atoms with E-state index >= 15 is 0 Å². The van der Waals surface area contributed by atoms with Crippen LogP contribution >= 0.6 is 0 Å². The Morgan fingerprint density at radius 3 is 2.74 bits per heavy atom. The summed E-state index contributed by atoms with van der Waals surface area (Å²) in [6, 6.07) is 4.04. The Hall–Kier alpha value is -1.29. The van der Waals surface area contributed by atoms with Gasteiger partial charge in [-0.15, -0.1) is 0 Å². The molecule has 1 heterocycles. The lowest BCUT2D eigenvalue weighted by Crippen LogP contribution is -2.35. The molecule has 0 saturated heterocycles. The topological polar surface area (TPSA) is 51.5 Å². The summed E-state index contributed by atoms with van der Waals surface area (Å²) < 4.78 is 10.0. The maximum atomic E-state index is 11.3. The molecule has 1 N–H and O–H groups in total. The van der Waals surface area contributed by atoms with Crippen molar-refractivity contribution in [1.82, 2.24) is 5.32 Å². The second kappa shape index (κ2) is 5.78. The van der Waals surface area contributed by atoms with Crippen molar-refractivity contribution in [1.29, 1.82) is 0 Å². The van der Waals surface area contributed by atoms with Crippen molar-refractivity contribution in [2.45, 2.75) is 52.1 Å². The molecule has 0 unspecified atom stereocenters. The van der Waals surface area contributed by atoms with E-state index < -0.39 is 5.97 Å². The molecule has 0 bridgehead atoms. The van der Waals surface area contributed by atoms with Crippen LogP contribution in [0, 0.1) is 5.41 Å². The molecule has 1 fully saturated rings. The minimum absolute atomic E-state index is 0.268. The van der Waals surface area contributed by atoms with Gasteiger partial charge in [-0.1, -0.05) is 13.8 Å². The van der Waals surface area contributed by atoms with Crippen LogP contribution < -0.4 is 5.32 Å². The highest BCUT2D eigenvalue weighted by atomic mass is 16.5. The first kappa shape index (κ1) is 14.1. The first-order chi connectivity index (χ1) is 9.00. The van der Waals surface area contributed by atoms with Crippen LogP contribution in [0.15, 0.2) is 16.5 Å². The van der Waals surface area contributed by atoms with Crippen LogP contribution in [0.5, 0.6) is 0 Å². The Labute approximate surface area is 114 Å². The Morgan fingerprint density at radius 2 is 2.11 bits per heavy atom. The second-order valence-corrected chi connectivity index (χ2v) is 6.08. The quantitative estimate of drug-likeness (QED) is 0.850. The van der Waals surface area contributed by atoms with Gasteiger partial charge >= 0.3 is 5.97 Å². The second-order valence-electron chi connectivity index (χ2n) is 6.08. The van der Waals surface area contributed by atoms with Crippen LogP contribution in [0.25, 0.3) is 0 Å². The lowest BCUT2D eigenvalue weighted by atomic mass is 9.75. The number of hydrogen-bond donors (Lipinski definition) is 1. The molecule has 4 nitrogen and oxygen atoms in total. The van der Waals surface area contributed by atoms with Gasteiger partial charge in [0, 0.05) is 6.04 Å². The molecular formula is C15H23NO3. The third-order valence-corrected chi connectivity index (χ3v) is 3.95. The molecule has 1 aromatic rings. The average molecular weight is 265 g/mol. The number of carbonyl (C=O) groups excluding carboxylic acids is 1. The maximum absolute atomic E-state index is 11.3. The number of hydrogen-bond acceptors (Lipinski definition) is 4. The minimum atomic E-state index is -0.425. The van der Waals surface area contributed by atoms with Crippen molar-refractivity contribution in [3.05, 3.63) is 23.7 Å². The standard InChI is InChI=1S/C15H23NO3/c1-15(2)8-6-11(7-9-15)16-10-12-4-5-13(19-12)14(17)18-3/h4-5,11,16H,6-10H2,1-3H3. The third-order valence-electron chi connectivity index (χ3n) is 3.95. The molecule has 2 rings (SSSR count). The van der Waals surface area contributed by atoms with Gasteiger partial charge in [0.15, 0.2) is 0 Å². The fourth-order valence-electron chi connectivity index (χ4n) is 2.53. The fourth-order valence-corrected chi connectivity index (χ4v) is 2.53. The van der Waals surface area contributed by atoms with E-state index in [1.54, 1.807) is 6.07 Å². The molecular weight excluding hydrogens is 242 g/mol. The normalized spacial score (nSPS) is 19.3. The number of methoxy groups -OCH3 is 1. The molecule has 4 heteroatoms. The molecule has 0 atom stereocenters. The summed E-state index contributed by atoms with van der Waals surface area (Å²) in [6.45, 7) is 5.33. The van der Waals surface area contributed by atoms with Crippen molar-refractivity contribution >= 4 is 5.97 Å². The van der Waals surface area contributed by atoms with E-state index in [1.165, 1.54) is 32.8 Å². The highest BCUT2D eigenvalue weighted by Crippen LogP contribution is 2.35. The Kier molecular flexibility index (Phi) is 4.30. The van der Waals surface area contributed by atoms with E-state index in [1.807, 2.05) is 6.07 Å². The molecule has 106 valence electrons. The zero-order valence-electron chi connectivity index (χ0n) is 12.0. The minimum Gasteiger partial charge on any atom is -0.463 e. The Morgan fingerprint density at radius 1 is 1.42 bits per heavy atom. The number of carbonyl (C=O) groups is 1. The summed E-state index contributed by atoms with van der Waals surface area (Å²) in [5.74, 6) is 0.625. The lowest BCUT2D eigenvalue weighted by Gasteiger charge is -2.34. The Bertz CT molecular complexity index is 426. The van der Waals surface area contributed by atoms with Gasteiger partial charge in [-0.3, -0.25) is 0 Å². The van der Waals surface area contributed by atoms with Gasteiger partial charge in [0.25, 0.3) is 0 Å². The van der Waals surface area contributed by atoms with Gasteiger partial charge in [0.05, 0.1) is 13.7 Å². The van der Waals surface area contributed by atoms with E-state index in [0.717, 1.165) is 5.76 Å². The largest absolute Gasteiger partial charge is 0.463 e. The fraction of sp³-hybridized carbons (Fsp3) is 0.667. The molecule has 1 aromatic heterocycles. The van der Waals surface area contributed by atoms with Crippen LogP contribution in [0.1, 0.15) is 55.8 Å². The van der Waals surface area contributed by atoms with Gasteiger partial charge in [-0.25, -0.2) is 4.79 Å². The molecule has 0 spiro atoms. The maximum Gasteiger partial charge on any atom is 0.373 e. The molecule has 0 aliphatic heterocycles. The van der Waals surface area contributed by atoms with Gasteiger partial charge in [-0.2, -0.15) is 0 Å². The molecule has 1 aliphatic carbocycles. The highest BCUT2D eigenvalue weighted by Gasteiger charge is 2.26. The van der Waals surface area contributed by atoms with Crippen molar-refractivity contribution in [3.63, 3.8) is 0 Å². The summed E-state index contributed by atoms with van der Waals surface area (Å²) >= 11 is 0. The smallest absolute Gasteiger partial charge is 0.373 e. The van der Waals surface area contributed by atoms with Gasteiger partial charge in [0.1, 0.15) is 5.76 Å². The van der Waals surface area contributed by atoms with Crippen LogP contribution in [0.3, 0.4) is 0 Å². The van der Waals surface area contributed by atoms with E-state index in [9.17, 15) is 4.79 Å². The van der Waals surface area contributed by atoms with Crippen LogP contribution in [0.2, 0.25) is 0 Å². The number of rotatable bonds is 4. The van der Waals surface area contributed by atoms with E-state index in [4.69, 9.17) is 4.42 Å². The molecule has 0 aromatic carbocycles. The number of esters is 1. The van der Waals surface area contributed by atoms with Crippen LogP contribution in [0.4, 0.5) is 0 Å². The summed E-state index contributed by atoms with van der Waals surface area (Å²) in [7, 11) is 1.35. The van der Waals surface area contributed by atoms with Gasteiger partial charge in [-0.05, 0) is 43.2 Å². The summed E-state index contributed by atoms with van der Waals surface area (Å²) in [5.41, 5.74) is 0.487. The Balaban J connectivity index is 1.80. The zero-order chi connectivity index (χ0) is 13.9. The number of furan rings is 1. The van der Waals surface area contributed by atoms with Crippen molar-refractivity contribution in [2.24, 2.45) is 5.41 Å². The highest BCUT2D eigenvalue weighted by molar-refractivity contribution is 5.86. The third kappa shape index (κ3) is 3.83. The predicted molar refractivity (Wildman–Crippen MR) is 72.9 cm³/mol. The van der Waals surface area contributed by atoms with E-state index in [2.05, 4.69) is 23.9 Å². The lowest BCUT2D eigenvalue weighted by molar-refractivity contribution is 0.0562. The van der Waals surface area contributed by atoms with Crippen LogP contribution in [-0.2, 0) is 11.3 Å². The van der Waals surface area contributed by atoms with Crippen molar-refractivity contribution in [2.75, 3.05) is 7.11 Å². The molecule has 0 amide bonds.